The molecule has 0 aromatic carbocycles. The first-order chi connectivity index (χ1) is 6.74. The van der Waals surface area contributed by atoms with Crippen molar-refractivity contribution in [3.8, 4) is 0 Å². The third-order valence-corrected chi connectivity index (χ3v) is 1.53. The topological polar surface area (TPSA) is 37.6 Å². The summed E-state index contributed by atoms with van der Waals surface area (Å²) in [5.74, 6) is 0. The molecular formula is C11H13N3. The second kappa shape index (κ2) is 5.07. The summed E-state index contributed by atoms with van der Waals surface area (Å²) in [7, 11) is 0. The monoisotopic (exact) mass is 187 g/mol. The highest BCUT2D eigenvalue weighted by molar-refractivity contribution is 5.85. The molecule has 0 amide bonds. The zero-order valence-electron chi connectivity index (χ0n) is 8.44. The second-order valence-electron chi connectivity index (χ2n) is 2.99. The maximum absolute atomic E-state index is 4.35. The minimum atomic E-state index is 0.808. The van der Waals surface area contributed by atoms with Crippen LogP contribution in [-0.2, 0) is 0 Å². The van der Waals surface area contributed by atoms with Gasteiger partial charge in [0.05, 0.1) is 11.9 Å². The summed E-state index contributed by atoms with van der Waals surface area (Å²) < 4.78 is 0. The molecule has 0 unspecified atom stereocenters. The predicted molar refractivity (Wildman–Crippen MR) is 60.5 cm³/mol. The molecule has 0 aliphatic carbocycles. The minimum absolute atomic E-state index is 0.808. The van der Waals surface area contributed by atoms with Crippen LogP contribution in [0.4, 0.5) is 0 Å². The van der Waals surface area contributed by atoms with Gasteiger partial charge in [-0.15, -0.1) is 0 Å². The number of pyridine rings is 1. The molecule has 0 spiro atoms. The van der Waals surface area contributed by atoms with Crippen LogP contribution in [0.15, 0.2) is 40.7 Å². The van der Waals surface area contributed by atoms with E-state index in [9.17, 15) is 0 Å². The van der Waals surface area contributed by atoms with E-state index in [0.717, 1.165) is 17.0 Å². The first-order valence-electron chi connectivity index (χ1n) is 4.32. The van der Waals surface area contributed by atoms with Gasteiger partial charge in [-0.05, 0) is 32.7 Å². The van der Waals surface area contributed by atoms with E-state index in [-0.39, 0.29) is 0 Å². The summed E-state index contributed by atoms with van der Waals surface area (Å²) in [6.07, 6.45) is 5.10. The number of rotatable bonds is 3. The fourth-order valence-corrected chi connectivity index (χ4v) is 1.02. The number of aromatic nitrogens is 1. The predicted octanol–water partition coefficient (Wildman–Crippen LogP) is 2.56. The Bertz CT molecular complexity index is 359. The molecular weight excluding hydrogens is 174 g/mol. The Morgan fingerprint density at radius 1 is 1.36 bits per heavy atom. The van der Waals surface area contributed by atoms with Crippen molar-refractivity contribution in [3.05, 3.63) is 36.3 Å². The third kappa shape index (κ3) is 2.94. The molecule has 0 aliphatic rings. The van der Waals surface area contributed by atoms with E-state index in [2.05, 4.69) is 21.7 Å². The van der Waals surface area contributed by atoms with Gasteiger partial charge in [-0.2, -0.15) is 0 Å². The van der Waals surface area contributed by atoms with Crippen LogP contribution >= 0.6 is 0 Å². The maximum atomic E-state index is 4.35. The smallest absolute Gasteiger partial charge is 0.0884 e. The molecule has 72 valence electrons. The Kier molecular flexibility index (Phi) is 3.73. The number of aliphatic imine (C=N–C) groups is 2. The van der Waals surface area contributed by atoms with Crippen molar-refractivity contribution >= 4 is 18.1 Å². The largest absolute Gasteiger partial charge is 0.270 e. The standard InChI is InChI=1S/C11H13N3/c1-9(2)14-11(8-12-3)10-4-6-13-7-5-10/h4-8H,3H2,1-2H3/b11-8-. The molecule has 0 atom stereocenters. The van der Waals surface area contributed by atoms with Gasteiger partial charge in [-0.3, -0.25) is 15.0 Å². The fraction of sp³-hybridized carbons (Fsp3) is 0.182. The van der Waals surface area contributed by atoms with Crippen LogP contribution in [0.25, 0.3) is 5.70 Å². The first kappa shape index (κ1) is 10.3. The summed E-state index contributed by atoms with van der Waals surface area (Å²) in [6, 6.07) is 3.78. The summed E-state index contributed by atoms with van der Waals surface area (Å²) in [5.41, 5.74) is 2.78. The lowest BCUT2D eigenvalue weighted by atomic mass is 10.2. The normalized spacial score (nSPS) is 10.9. The Balaban J connectivity index is 3.08. The van der Waals surface area contributed by atoms with Crippen LogP contribution in [0.3, 0.4) is 0 Å². The second-order valence-corrected chi connectivity index (χ2v) is 2.99. The van der Waals surface area contributed by atoms with Gasteiger partial charge in [0.15, 0.2) is 0 Å². The average molecular weight is 187 g/mol. The fourth-order valence-electron chi connectivity index (χ4n) is 1.02. The molecule has 1 aromatic rings. The quantitative estimate of drug-likeness (QED) is 0.670. The summed E-state index contributed by atoms with van der Waals surface area (Å²) in [4.78, 5) is 12.0. The Morgan fingerprint density at radius 2 is 2.00 bits per heavy atom. The van der Waals surface area contributed by atoms with E-state index in [1.165, 1.54) is 0 Å². The van der Waals surface area contributed by atoms with Gasteiger partial charge >= 0.3 is 0 Å². The van der Waals surface area contributed by atoms with Crippen LogP contribution in [0.5, 0.6) is 0 Å². The van der Waals surface area contributed by atoms with Crippen molar-refractivity contribution in [2.45, 2.75) is 13.8 Å². The van der Waals surface area contributed by atoms with Crippen molar-refractivity contribution in [2.24, 2.45) is 9.98 Å². The molecule has 0 bridgehead atoms. The molecule has 0 fully saturated rings. The average Bonchev–Trinajstić information content (AvgIpc) is 2.18. The molecule has 1 heterocycles. The molecule has 0 N–H and O–H groups in total. The lowest BCUT2D eigenvalue weighted by Crippen LogP contribution is -1.86. The molecule has 0 saturated carbocycles. The highest BCUT2D eigenvalue weighted by atomic mass is 14.8. The number of nitrogens with zero attached hydrogens (tertiary/aromatic N) is 3. The van der Waals surface area contributed by atoms with Crippen LogP contribution in [0.2, 0.25) is 0 Å². The van der Waals surface area contributed by atoms with Gasteiger partial charge in [0.2, 0.25) is 0 Å². The van der Waals surface area contributed by atoms with Gasteiger partial charge in [0.1, 0.15) is 0 Å². The molecule has 0 saturated heterocycles. The number of hydrogen-bond donors (Lipinski definition) is 0. The Morgan fingerprint density at radius 3 is 2.50 bits per heavy atom. The van der Waals surface area contributed by atoms with E-state index in [1.54, 1.807) is 18.6 Å². The van der Waals surface area contributed by atoms with E-state index in [1.807, 2.05) is 26.0 Å². The maximum Gasteiger partial charge on any atom is 0.0884 e. The van der Waals surface area contributed by atoms with Crippen LogP contribution < -0.4 is 0 Å². The molecule has 1 aromatic heterocycles. The van der Waals surface area contributed by atoms with Crippen molar-refractivity contribution in [1.82, 2.24) is 4.98 Å². The van der Waals surface area contributed by atoms with Crippen LogP contribution in [-0.4, -0.2) is 17.4 Å². The van der Waals surface area contributed by atoms with E-state index in [0.29, 0.717) is 0 Å². The highest BCUT2D eigenvalue weighted by Crippen LogP contribution is 2.14. The SMILES string of the molecule is C=N/C=C(\N=C(C)C)c1ccncc1. The van der Waals surface area contributed by atoms with E-state index < -0.39 is 0 Å². The van der Waals surface area contributed by atoms with Crippen molar-refractivity contribution in [3.63, 3.8) is 0 Å². The zero-order chi connectivity index (χ0) is 10.4. The molecule has 1 rings (SSSR count). The minimum Gasteiger partial charge on any atom is -0.270 e. The first-order valence-corrected chi connectivity index (χ1v) is 4.32. The molecule has 0 radical (unpaired) electrons. The van der Waals surface area contributed by atoms with Gasteiger partial charge in [-0.25, -0.2) is 0 Å². The van der Waals surface area contributed by atoms with E-state index >= 15 is 0 Å². The van der Waals surface area contributed by atoms with Crippen LogP contribution in [0, 0.1) is 0 Å². The Labute approximate surface area is 83.9 Å². The summed E-state index contributed by atoms with van der Waals surface area (Å²) in [6.45, 7) is 7.31. The van der Waals surface area contributed by atoms with Crippen LogP contribution in [0.1, 0.15) is 19.4 Å². The third-order valence-electron chi connectivity index (χ3n) is 1.53. The number of hydrogen-bond acceptors (Lipinski definition) is 3. The lowest BCUT2D eigenvalue weighted by molar-refractivity contribution is 1.30. The molecule has 0 aliphatic heterocycles. The van der Waals surface area contributed by atoms with Gasteiger partial charge in [-0.1, -0.05) is 0 Å². The van der Waals surface area contributed by atoms with Crippen molar-refractivity contribution < 1.29 is 0 Å². The highest BCUT2D eigenvalue weighted by Gasteiger charge is 1.97. The summed E-state index contributed by atoms with van der Waals surface area (Å²) >= 11 is 0. The van der Waals surface area contributed by atoms with Crippen molar-refractivity contribution in [1.29, 1.82) is 0 Å². The Hall–Kier alpha value is -1.77. The van der Waals surface area contributed by atoms with Crippen molar-refractivity contribution in [2.75, 3.05) is 0 Å². The molecule has 3 heteroatoms. The van der Waals surface area contributed by atoms with Gasteiger partial charge in [0, 0.05) is 23.7 Å². The summed E-state index contributed by atoms with van der Waals surface area (Å²) in [5, 5.41) is 0. The van der Waals surface area contributed by atoms with Gasteiger partial charge < -0.3 is 0 Å². The molecule has 3 nitrogen and oxygen atoms in total. The van der Waals surface area contributed by atoms with E-state index in [4.69, 9.17) is 0 Å². The molecule has 14 heavy (non-hydrogen) atoms. The zero-order valence-corrected chi connectivity index (χ0v) is 8.44. The lowest BCUT2D eigenvalue weighted by Gasteiger charge is -2.00. The van der Waals surface area contributed by atoms with Gasteiger partial charge in [0.25, 0.3) is 0 Å².